The number of aliphatic hydroxyl groups excluding tert-OH is 1. The van der Waals surface area contributed by atoms with Crippen LogP contribution in [0.5, 0.6) is 0 Å². The molecule has 0 fully saturated rings. The van der Waals surface area contributed by atoms with Gasteiger partial charge in [0.2, 0.25) is 0 Å². The van der Waals surface area contributed by atoms with Crippen molar-refractivity contribution in [2.24, 2.45) is 11.8 Å². The van der Waals surface area contributed by atoms with Crippen molar-refractivity contribution in [3.05, 3.63) is 0 Å². The van der Waals surface area contributed by atoms with E-state index in [1.807, 2.05) is 0 Å². The first-order valence-electron chi connectivity index (χ1n) is 41.5. The van der Waals surface area contributed by atoms with Gasteiger partial charge in [-0.1, -0.05) is 369 Å². The highest BCUT2D eigenvalue weighted by molar-refractivity contribution is 7.47. The first kappa shape index (κ1) is 97.1. The predicted octanol–water partition coefficient (Wildman–Crippen LogP) is 23.9. The largest absolute Gasteiger partial charge is 0.472 e. The van der Waals surface area contributed by atoms with Crippen molar-refractivity contribution in [1.29, 1.82) is 0 Å². The molecule has 588 valence electrons. The van der Waals surface area contributed by atoms with Crippen LogP contribution >= 0.6 is 15.6 Å². The molecule has 0 aromatic heterocycles. The molecule has 0 aliphatic heterocycles. The predicted molar refractivity (Wildman–Crippen MR) is 405 cm³/mol. The monoisotopic (exact) mass is 1450 g/mol. The highest BCUT2D eigenvalue weighted by Gasteiger charge is 2.30. The molecule has 0 radical (unpaired) electrons. The summed E-state index contributed by atoms with van der Waals surface area (Å²) in [5.74, 6) is -0.557. The molecule has 19 heteroatoms. The Bertz CT molecular complexity index is 1910. The minimum Gasteiger partial charge on any atom is -0.462 e. The van der Waals surface area contributed by atoms with Crippen molar-refractivity contribution in [3.63, 3.8) is 0 Å². The van der Waals surface area contributed by atoms with Gasteiger partial charge in [-0.15, -0.1) is 0 Å². The normalized spacial score (nSPS) is 13.9. The minimum atomic E-state index is -4.96. The van der Waals surface area contributed by atoms with Gasteiger partial charge in [0.1, 0.15) is 19.3 Å². The number of carbonyl (C=O) groups is 4. The molecule has 0 aromatic rings. The summed E-state index contributed by atoms with van der Waals surface area (Å²) in [6.07, 6.45) is 61.3. The lowest BCUT2D eigenvalue weighted by molar-refractivity contribution is -0.161. The van der Waals surface area contributed by atoms with E-state index in [2.05, 4.69) is 41.5 Å². The van der Waals surface area contributed by atoms with Crippen molar-refractivity contribution in [2.45, 2.75) is 439 Å². The average Bonchev–Trinajstić information content (AvgIpc) is 1.04. The van der Waals surface area contributed by atoms with Gasteiger partial charge in [-0.2, -0.15) is 0 Å². The summed E-state index contributed by atoms with van der Waals surface area (Å²) < 4.78 is 68.6. The van der Waals surface area contributed by atoms with Crippen molar-refractivity contribution in [2.75, 3.05) is 39.6 Å². The van der Waals surface area contributed by atoms with E-state index in [0.29, 0.717) is 25.7 Å². The summed E-state index contributed by atoms with van der Waals surface area (Å²) in [7, 11) is -9.91. The number of esters is 4. The summed E-state index contributed by atoms with van der Waals surface area (Å²) in [6.45, 7) is 9.60. The van der Waals surface area contributed by atoms with Crippen LogP contribution in [-0.2, 0) is 65.4 Å². The van der Waals surface area contributed by atoms with Crippen LogP contribution in [0.4, 0.5) is 0 Å². The molecule has 0 amide bonds. The maximum Gasteiger partial charge on any atom is 0.472 e. The summed E-state index contributed by atoms with van der Waals surface area (Å²) in [5.41, 5.74) is 0. The van der Waals surface area contributed by atoms with Crippen LogP contribution < -0.4 is 0 Å². The van der Waals surface area contributed by atoms with Gasteiger partial charge in [0.15, 0.2) is 12.2 Å². The van der Waals surface area contributed by atoms with E-state index in [1.165, 1.54) is 225 Å². The molecule has 0 aliphatic rings. The van der Waals surface area contributed by atoms with E-state index in [4.69, 9.17) is 37.0 Å². The lowest BCUT2D eigenvalue weighted by Gasteiger charge is -2.21. The number of hydrogen-bond donors (Lipinski definition) is 3. The summed E-state index contributed by atoms with van der Waals surface area (Å²) in [6, 6.07) is 0. The molecular formula is C80H156O17P2. The molecule has 17 nitrogen and oxygen atoms in total. The number of rotatable bonds is 79. The summed E-state index contributed by atoms with van der Waals surface area (Å²) in [5, 5.41) is 10.6. The maximum absolute atomic E-state index is 13.1. The molecule has 0 aromatic carbocycles. The molecule has 0 saturated heterocycles. The number of hydrogen-bond acceptors (Lipinski definition) is 15. The van der Waals surface area contributed by atoms with Gasteiger partial charge in [0.25, 0.3) is 0 Å². The molecule has 0 bridgehead atoms. The van der Waals surface area contributed by atoms with Crippen molar-refractivity contribution >= 4 is 39.5 Å². The molecular weight excluding hydrogens is 1290 g/mol. The third-order valence-electron chi connectivity index (χ3n) is 18.7. The standard InChI is InChI=1S/C80H156O17P2/c1-7-9-11-13-15-16-17-18-19-20-21-22-23-24-25-26-27-35-40-46-52-58-64-80(85)97-76(69-91-78(83)63-57-51-45-39-34-30-28-32-37-43-48-54-60-72(3)4)71-95-99(88,89)93-67-74(81)66-92-98(86,87)94-70-75(68-90-77(82)62-56-50-42-14-12-10-8-2)96-79(84)65-59-53-47-41-36-31-29-33-38-44-49-55-61-73(5)6/h72-76,81H,7-71H2,1-6H3,(H,86,87)(H,88,89)/t74-,75+,76+/m0/s1. The Balaban J connectivity index is 5.16. The minimum absolute atomic E-state index is 0.107. The smallest absolute Gasteiger partial charge is 0.462 e. The van der Waals surface area contributed by atoms with Gasteiger partial charge in [-0.25, -0.2) is 9.13 Å². The molecule has 99 heavy (non-hydrogen) atoms. The third-order valence-corrected chi connectivity index (χ3v) is 20.6. The van der Waals surface area contributed by atoms with E-state index in [9.17, 15) is 43.2 Å². The highest BCUT2D eigenvalue weighted by Crippen LogP contribution is 2.45. The number of carbonyl (C=O) groups excluding carboxylic acids is 4. The Morgan fingerprint density at radius 3 is 0.687 bits per heavy atom. The zero-order chi connectivity index (χ0) is 72.8. The molecule has 0 heterocycles. The molecule has 0 rings (SSSR count). The van der Waals surface area contributed by atoms with E-state index in [0.717, 1.165) is 115 Å². The Morgan fingerprint density at radius 2 is 0.465 bits per heavy atom. The summed E-state index contributed by atoms with van der Waals surface area (Å²) >= 11 is 0. The lowest BCUT2D eigenvalue weighted by atomic mass is 10.0. The van der Waals surface area contributed by atoms with E-state index < -0.39 is 97.5 Å². The fraction of sp³-hybridized carbons (Fsp3) is 0.950. The van der Waals surface area contributed by atoms with Crippen LogP contribution in [0.1, 0.15) is 420 Å². The highest BCUT2D eigenvalue weighted by atomic mass is 31.2. The molecule has 0 spiro atoms. The number of unbranched alkanes of at least 4 members (excludes halogenated alkanes) is 49. The molecule has 5 atom stereocenters. The first-order chi connectivity index (χ1) is 47.9. The number of aliphatic hydroxyl groups is 1. The Kier molecular flexibility index (Phi) is 70.3. The van der Waals surface area contributed by atoms with Crippen molar-refractivity contribution in [1.82, 2.24) is 0 Å². The molecule has 2 unspecified atom stereocenters. The van der Waals surface area contributed by atoms with Gasteiger partial charge >= 0.3 is 39.5 Å². The fourth-order valence-corrected chi connectivity index (χ4v) is 13.9. The van der Waals surface area contributed by atoms with Gasteiger partial charge in [-0.05, 0) is 37.5 Å². The van der Waals surface area contributed by atoms with E-state index in [1.54, 1.807) is 0 Å². The Labute approximate surface area is 607 Å². The van der Waals surface area contributed by atoms with Gasteiger partial charge in [-0.3, -0.25) is 37.3 Å². The van der Waals surface area contributed by atoms with Crippen LogP contribution in [0.25, 0.3) is 0 Å². The second-order valence-electron chi connectivity index (χ2n) is 29.8. The van der Waals surface area contributed by atoms with Gasteiger partial charge in [0.05, 0.1) is 26.4 Å². The van der Waals surface area contributed by atoms with Crippen LogP contribution in [0.2, 0.25) is 0 Å². The number of phosphoric acid groups is 2. The SMILES string of the molecule is CCCCCCCCCCCCCCCCCCCCCCCCC(=O)O[C@H](COC(=O)CCCCCCCCCCCCCCC(C)C)COP(=O)(O)OC[C@@H](O)COP(=O)(O)OC[C@@H](COC(=O)CCCCCCCCC)OC(=O)CCCCCCCCCCCCCCC(C)C. The van der Waals surface area contributed by atoms with Gasteiger partial charge in [0, 0.05) is 25.7 Å². The molecule has 0 aliphatic carbocycles. The zero-order valence-corrected chi connectivity index (χ0v) is 66.6. The Morgan fingerprint density at radius 1 is 0.273 bits per heavy atom. The van der Waals surface area contributed by atoms with Crippen LogP contribution in [-0.4, -0.2) is 96.7 Å². The first-order valence-corrected chi connectivity index (χ1v) is 44.5. The van der Waals surface area contributed by atoms with Crippen molar-refractivity contribution in [3.8, 4) is 0 Å². The molecule has 3 N–H and O–H groups in total. The zero-order valence-electron chi connectivity index (χ0n) is 64.8. The lowest BCUT2D eigenvalue weighted by Crippen LogP contribution is -2.30. The van der Waals surface area contributed by atoms with Crippen molar-refractivity contribution < 1.29 is 80.2 Å². The number of phosphoric ester groups is 2. The number of ether oxygens (including phenoxy) is 4. The van der Waals surface area contributed by atoms with Gasteiger partial charge < -0.3 is 33.8 Å². The van der Waals surface area contributed by atoms with Crippen LogP contribution in [0.15, 0.2) is 0 Å². The quantitative estimate of drug-likeness (QED) is 0.0222. The fourth-order valence-electron chi connectivity index (χ4n) is 12.4. The Hall–Kier alpha value is -1.94. The van der Waals surface area contributed by atoms with E-state index >= 15 is 0 Å². The third kappa shape index (κ3) is 74.1. The average molecular weight is 1450 g/mol. The van der Waals surface area contributed by atoms with E-state index in [-0.39, 0.29) is 25.7 Å². The second-order valence-corrected chi connectivity index (χ2v) is 32.7. The maximum atomic E-state index is 13.1. The van der Waals surface area contributed by atoms with Crippen LogP contribution in [0, 0.1) is 11.8 Å². The second kappa shape index (κ2) is 71.7. The summed E-state index contributed by atoms with van der Waals surface area (Å²) in [4.78, 5) is 72.8. The molecule has 0 saturated carbocycles. The topological polar surface area (TPSA) is 237 Å². The van der Waals surface area contributed by atoms with Crippen LogP contribution in [0.3, 0.4) is 0 Å².